The second-order valence-corrected chi connectivity index (χ2v) is 3.84. The summed E-state index contributed by atoms with van der Waals surface area (Å²) in [7, 11) is 0. The van der Waals surface area contributed by atoms with Crippen molar-refractivity contribution in [3.05, 3.63) is 39.9 Å². The first-order chi connectivity index (χ1) is 7.60. The van der Waals surface area contributed by atoms with Crippen LogP contribution in [0.4, 0.5) is 5.69 Å². The van der Waals surface area contributed by atoms with Crippen molar-refractivity contribution in [2.75, 3.05) is 0 Å². The first kappa shape index (κ1) is 12.2. The molecule has 0 bridgehead atoms. The van der Waals surface area contributed by atoms with E-state index in [1.807, 2.05) is 13.8 Å². The highest BCUT2D eigenvalue weighted by molar-refractivity contribution is 5.36. The van der Waals surface area contributed by atoms with Gasteiger partial charge in [0, 0.05) is 12.1 Å². The van der Waals surface area contributed by atoms with Gasteiger partial charge >= 0.3 is 0 Å². The van der Waals surface area contributed by atoms with E-state index in [1.54, 1.807) is 12.1 Å². The van der Waals surface area contributed by atoms with Gasteiger partial charge in [-0.25, -0.2) is 0 Å². The molecule has 2 unspecified atom stereocenters. The summed E-state index contributed by atoms with van der Waals surface area (Å²) in [4.78, 5) is 10.0. The summed E-state index contributed by atoms with van der Waals surface area (Å²) in [6, 6.07) is 8.47. The third-order valence-corrected chi connectivity index (χ3v) is 2.82. The van der Waals surface area contributed by atoms with Crippen molar-refractivity contribution < 1.29 is 4.92 Å². The van der Waals surface area contributed by atoms with E-state index < -0.39 is 4.92 Å². The predicted molar refractivity (Wildman–Crippen MR) is 60.9 cm³/mol. The number of nitrogens with zero attached hydrogens (tertiary/aromatic N) is 2. The molecule has 0 amide bonds. The van der Waals surface area contributed by atoms with Crippen molar-refractivity contribution in [2.24, 2.45) is 5.92 Å². The summed E-state index contributed by atoms with van der Waals surface area (Å²) in [5.74, 6) is 0.0669. The molecule has 0 saturated carbocycles. The topological polar surface area (TPSA) is 66.9 Å². The van der Waals surface area contributed by atoms with Crippen LogP contribution in [0, 0.1) is 27.4 Å². The number of non-ortho nitro benzene ring substituents is 1. The molecular weight excluding hydrogens is 204 g/mol. The van der Waals surface area contributed by atoms with Gasteiger partial charge in [-0.1, -0.05) is 32.4 Å². The van der Waals surface area contributed by atoms with E-state index >= 15 is 0 Å². The number of nitriles is 1. The molecule has 0 heterocycles. The SMILES string of the molecule is CCC(C)C(C#N)c1ccc([N+](=O)[O-])cc1. The molecule has 4 nitrogen and oxygen atoms in total. The molecule has 0 N–H and O–H groups in total. The summed E-state index contributed by atoms with van der Waals surface area (Å²) < 4.78 is 0. The molecule has 0 aliphatic rings. The smallest absolute Gasteiger partial charge is 0.258 e. The number of nitro groups is 1. The molecule has 0 radical (unpaired) electrons. The van der Waals surface area contributed by atoms with Gasteiger partial charge in [0.2, 0.25) is 0 Å². The minimum absolute atomic E-state index is 0.0598. The van der Waals surface area contributed by atoms with Crippen LogP contribution in [0.25, 0.3) is 0 Å². The largest absolute Gasteiger partial charge is 0.269 e. The zero-order valence-corrected chi connectivity index (χ0v) is 9.38. The second kappa shape index (κ2) is 5.26. The Bertz CT molecular complexity index is 406. The number of rotatable bonds is 4. The lowest BCUT2D eigenvalue weighted by atomic mass is 9.87. The Balaban J connectivity index is 2.96. The molecule has 0 spiro atoms. The highest BCUT2D eigenvalue weighted by Crippen LogP contribution is 2.27. The van der Waals surface area contributed by atoms with E-state index in [0.29, 0.717) is 0 Å². The van der Waals surface area contributed by atoms with Gasteiger partial charge in [0.1, 0.15) is 0 Å². The quantitative estimate of drug-likeness (QED) is 0.575. The first-order valence-corrected chi connectivity index (χ1v) is 5.24. The van der Waals surface area contributed by atoms with Crippen LogP contribution in [0.15, 0.2) is 24.3 Å². The fraction of sp³-hybridized carbons (Fsp3) is 0.417. The molecule has 1 aromatic carbocycles. The third-order valence-electron chi connectivity index (χ3n) is 2.82. The first-order valence-electron chi connectivity index (χ1n) is 5.24. The van der Waals surface area contributed by atoms with Crippen LogP contribution in [0.5, 0.6) is 0 Å². The number of hydrogen-bond donors (Lipinski definition) is 0. The van der Waals surface area contributed by atoms with E-state index in [2.05, 4.69) is 6.07 Å². The molecule has 0 saturated heterocycles. The molecule has 4 heteroatoms. The standard InChI is InChI=1S/C12H14N2O2/c1-3-9(2)12(8-13)10-4-6-11(7-5-10)14(15)16/h4-7,9,12H,3H2,1-2H3. The van der Waals surface area contributed by atoms with E-state index in [4.69, 9.17) is 5.26 Å². The normalized spacial score (nSPS) is 13.8. The average molecular weight is 218 g/mol. The highest BCUT2D eigenvalue weighted by atomic mass is 16.6. The van der Waals surface area contributed by atoms with Crippen molar-refractivity contribution in [3.63, 3.8) is 0 Å². The van der Waals surface area contributed by atoms with E-state index in [1.165, 1.54) is 12.1 Å². The van der Waals surface area contributed by atoms with E-state index in [-0.39, 0.29) is 17.5 Å². The van der Waals surface area contributed by atoms with Gasteiger partial charge in [-0.2, -0.15) is 5.26 Å². The lowest BCUT2D eigenvalue weighted by Gasteiger charge is -2.15. The van der Waals surface area contributed by atoms with Crippen molar-refractivity contribution in [1.82, 2.24) is 0 Å². The molecule has 1 rings (SSSR count). The van der Waals surface area contributed by atoms with Crippen molar-refractivity contribution in [3.8, 4) is 6.07 Å². The molecule has 16 heavy (non-hydrogen) atoms. The average Bonchev–Trinajstić information content (AvgIpc) is 2.30. The minimum atomic E-state index is -0.436. The Morgan fingerprint density at radius 3 is 2.38 bits per heavy atom. The highest BCUT2D eigenvalue weighted by Gasteiger charge is 2.18. The summed E-state index contributed by atoms with van der Waals surface area (Å²) in [6.45, 7) is 4.04. The lowest BCUT2D eigenvalue weighted by Crippen LogP contribution is -2.06. The van der Waals surface area contributed by atoms with Crippen LogP contribution in [-0.2, 0) is 0 Å². The number of nitro benzene ring substituents is 1. The Morgan fingerprint density at radius 2 is 2.00 bits per heavy atom. The Kier molecular flexibility index (Phi) is 4.01. The van der Waals surface area contributed by atoms with Gasteiger partial charge in [0.05, 0.1) is 16.9 Å². The van der Waals surface area contributed by atoms with Crippen LogP contribution in [-0.4, -0.2) is 4.92 Å². The van der Waals surface area contributed by atoms with Crippen molar-refractivity contribution >= 4 is 5.69 Å². The maximum Gasteiger partial charge on any atom is 0.269 e. The van der Waals surface area contributed by atoms with Crippen molar-refractivity contribution in [2.45, 2.75) is 26.2 Å². The van der Waals surface area contributed by atoms with Gasteiger partial charge in [0.15, 0.2) is 0 Å². The van der Waals surface area contributed by atoms with Gasteiger partial charge in [0.25, 0.3) is 5.69 Å². The predicted octanol–water partition coefficient (Wildman–Crippen LogP) is 3.25. The van der Waals surface area contributed by atoms with Crippen LogP contribution >= 0.6 is 0 Å². The van der Waals surface area contributed by atoms with E-state index in [9.17, 15) is 10.1 Å². The minimum Gasteiger partial charge on any atom is -0.258 e. The molecule has 2 atom stereocenters. The zero-order valence-electron chi connectivity index (χ0n) is 9.38. The Hall–Kier alpha value is -1.89. The molecule has 0 aliphatic carbocycles. The van der Waals surface area contributed by atoms with E-state index in [0.717, 1.165) is 12.0 Å². The number of hydrogen-bond acceptors (Lipinski definition) is 3. The summed E-state index contributed by atoms with van der Waals surface area (Å²) in [5.41, 5.74) is 0.909. The molecular formula is C12H14N2O2. The van der Waals surface area contributed by atoms with Gasteiger partial charge in [-0.3, -0.25) is 10.1 Å². The number of benzene rings is 1. The summed E-state index contributed by atoms with van der Waals surface area (Å²) >= 11 is 0. The second-order valence-electron chi connectivity index (χ2n) is 3.84. The third kappa shape index (κ3) is 2.57. The van der Waals surface area contributed by atoms with Crippen molar-refractivity contribution in [1.29, 1.82) is 5.26 Å². The molecule has 0 aromatic heterocycles. The van der Waals surface area contributed by atoms with Crippen LogP contribution in [0.3, 0.4) is 0 Å². The monoisotopic (exact) mass is 218 g/mol. The van der Waals surface area contributed by atoms with Crippen LogP contribution in [0.2, 0.25) is 0 Å². The molecule has 1 aromatic rings. The van der Waals surface area contributed by atoms with Crippen LogP contribution in [0.1, 0.15) is 31.7 Å². The van der Waals surface area contributed by atoms with Gasteiger partial charge < -0.3 is 0 Å². The maximum absolute atomic E-state index is 10.5. The summed E-state index contributed by atoms with van der Waals surface area (Å²) in [5, 5.41) is 19.6. The fourth-order valence-corrected chi connectivity index (χ4v) is 1.57. The zero-order chi connectivity index (χ0) is 12.1. The maximum atomic E-state index is 10.5. The molecule has 0 aliphatic heterocycles. The van der Waals surface area contributed by atoms with Crippen LogP contribution < -0.4 is 0 Å². The Labute approximate surface area is 94.7 Å². The molecule has 0 fully saturated rings. The Morgan fingerprint density at radius 1 is 1.44 bits per heavy atom. The van der Waals surface area contributed by atoms with Gasteiger partial charge in [-0.05, 0) is 11.5 Å². The fourth-order valence-electron chi connectivity index (χ4n) is 1.57. The summed E-state index contributed by atoms with van der Waals surface area (Å²) in [6.07, 6.45) is 0.912. The lowest BCUT2D eigenvalue weighted by molar-refractivity contribution is -0.384. The molecule has 84 valence electrons. The van der Waals surface area contributed by atoms with Gasteiger partial charge in [-0.15, -0.1) is 0 Å².